The highest BCUT2D eigenvalue weighted by molar-refractivity contribution is 7.11. The Morgan fingerprint density at radius 2 is 2.21 bits per heavy atom. The van der Waals surface area contributed by atoms with Crippen molar-refractivity contribution in [3.8, 4) is 5.69 Å². The Kier molecular flexibility index (Phi) is 4.47. The second kappa shape index (κ2) is 6.71. The molecule has 2 heterocycles. The Labute approximate surface area is 140 Å². The lowest BCUT2D eigenvalue weighted by atomic mass is 10.2. The second-order valence-corrected chi connectivity index (χ2v) is 6.26. The van der Waals surface area contributed by atoms with Crippen LogP contribution in [0.25, 0.3) is 5.69 Å². The van der Waals surface area contributed by atoms with E-state index in [0.29, 0.717) is 5.69 Å². The molecule has 8 nitrogen and oxygen atoms in total. The van der Waals surface area contributed by atoms with E-state index < -0.39 is 11.8 Å². The Morgan fingerprint density at radius 3 is 2.88 bits per heavy atom. The maximum absolute atomic E-state index is 13.9. The van der Waals surface area contributed by atoms with E-state index in [4.69, 9.17) is 0 Å². The molecule has 124 valence electrons. The van der Waals surface area contributed by atoms with Gasteiger partial charge < -0.3 is 10.6 Å². The van der Waals surface area contributed by atoms with Gasteiger partial charge in [-0.25, -0.2) is 18.9 Å². The fraction of sp³-hybridized carbons (Fsp3) is 0.214. The van der Waals surface area contributed by atoms with E-state index in [1.807, 2.05) is 13.8 Å². The minimum atomic E-state index is -0.553. The van der Waals surface area contributed by atoms with Crippen molar-refractivity contribution in [3.05, 3.63) is 45.9 Å². The summed E-state index contributed by atoms with van der Waals surface area (Å²) < 4.78 is 15.2. The zero-order chi connectivity index (χ0) is 17.1. The van der Waals surface area contributed by atoms with Crippen LogP contribution >= 0.6 is 11.3 Å². The first-order valence-corrected chi connectivity index (χ1v) is 7.85. The van der Waals surface area contributed by atoms with Crippen LogP contribution in [0.3, 0.4) is 0 Å². The largest absolute Gasteiger partial charge is 0.331 e. The smallest absolute Gasteiger partial charge is 0.319 e. The van der Waals surface area contributed by atoms with Crippen LogP contribution in [0.5, 0.6) is 0 Å². The fourth-order valence-electron chi connectivity index (χ4n) is 1.97. The third kappa shape index (κ3) is 3.54. The summed E-state index contributed by atoms with van der Waals surface area (Å²) in [6, 6.07) is 3.67. The lowest BCUT2D eigenvalue weighted by Gasteiger charge is -2.09. The minimum absolute atomic E-state index is 0.0343. The molecule has 10 heteroatoms. The van der Waals surface area contributed by atoms with Crippen LogP contribution in [-0.4, -0.2) is 31.2 Å². The van der Waals surface area contributed by atoms with Crippen molar-refractivity contribution in [3.63, 3.8) is 0 Å². The van der Waals surface area contributed by atoms with Crippen LogP contribution in [0, 0.1) is 19.7 Å². The molecule has 2 aromatic heterocycles. The number of hydrogen-bond acceptors (Lipinski definition) is 6. The molecule has 2 amide bonds. The molecule has 0 unspecified atom stereocenters. The molecule has 3 aromatic rings. The number of carbonyl (C=O) groups is 1. The number of rotatable bonds is 4. The first-order valence-electron chi connectivity index (χ1n) is 7.03. The first kappa shape index (κ1) is 16.0. The maximum Gasteiger partial charge on any atom is 0.319 e. The highest BCUT2D eigenvalue weighted by Gasteiger charge is 2.10. The number of aromatic nitrogens is 5. The van der Waals surface area contributed by atoms with Crippen LogP contribution in [0.4, 0.5) is 14.9 Å². The number of thiazole rings is 1. The second-order valence-electron chi connectivity index (χ2n) is 4.98. The Bertz CT molecular complexity index is 843. The molecule has 0 fully saturated rings. The summed E-state index contributed by atoms with van der Waals surface area (Å²) >= 11 is 1.51. The summed E-state index contributed by atoms with van der Waals surface area (Å²) in [5.41, 5.74) is 1.51. The normalized spacial score (nSPS) is 10.6. The molecule has 0 radical (unpaired) electrons. The predicted octanol–water partition coefficient (Wildman–Crippen LogP) is 2.20. The minimum Gasteiger partial charge on any atom is -0.331 e. The SMILES string of the molecule is Cc1nc(CNC(=O)Nc2cc(-n3cnnn3)ccc2F)sc1C. The average Bonchev–Trinajstić information content (AvgIpc) is 3.18. The standard InChI is InChI=1S/C14H14FN7OS/c1-8-9(2)24-13(18-8)6-16-14(23)19-12-5-10(3-4-11(12)15)22-7-17-20-21-22/h3-5,7H,6H2,1-2H3,(H2,16,19,23). The number of anilines is 1. The molecule has 0 aliphatic heterocycles. The number of urea groups is 1. The number of carbonyl (C=O) groups excluding carboxylic acids is 1. The summed E-state index contributed by atoms with van der Waals surface area (Å²) in [4.78, 5) is 17.4. The van der Waals surface area contributed by atoms with Gasteiger partial charge in [-0.15, -0.1) is 16.4 Å². The number of aryl methyl sites for hydroxylation is 2. The highest BCUT2D eigenvalue weighted by atomic mass is 32.1. The van der Waals surface area contributed by atoms with Gasteiger partial charge in [-0.2, -0.15) is 0 Å². The molecule has 3 rings (SSSR count). The van der Waals surface area contributed by atoms with E-state index in [1.54, 1.807) is 0 Å². The number of nitrogens with zero attached hydrogens (tertiary/aromatic N) is 5. The maximum atomic E-state index is 13.9. The van der Waals surface area contributed by atoms with Crippen molar-refractivity contribution < 1.29 is 9.18 Å². The van der Waals surface area contributed by atoms with E-state index in [9.17, 15) is 9.18 Å². The van der Waals surface area contributed by atoms with Gasteiger partial charge in [0.05, 0.1) is 23.6 Å². The highest BCUT2D eigenvalue weighted by Crippen LogP contribution is 2.19. The van der Waals surface area contributed by atoms with E-state index in [1.165, 1.54) is 40.5 Å². The molecule has 1 aromatic carbocycles. The molecule has 0 aliphatic carbocycles. The van der Waals surface area contributed by atoms with E-state index in [0.717, 1.165) is 15.6 Å². The molecule has 0 saturated carbocycles. The van der Waals surface area contributed by atoms with Gasteiger partial charge in [-0.3, -0.25) is 0 Å². The summed E-state index contributed by atoms with van der Waals surface area (Å²) in [5.74, 6) is -0.553. The van der Waals surface area contributed by atoms with Crippen LogP contribution in [-0.2, 0) is 6.54 Å². The van der Waals surface area contributed by atoms with Gasteiger partial charge in [-0.1, -0.05) is 0 Å². The van der Waals surface area contributed by atoms with Gasteiger partial charge >= 0.3 is 6.03 Å². The average molecular weight is 347 g/mol. The van der Waals surface area contributed by atoms with Gasteiger partial charge in [-0.05, 0) is 42.5 Å². The fourth-order valence-corrected chi connectivity index (χ4v) is 2.84. The van der Waals surface area contributed by atoms with Gasteiger partial charge in [0.2, 0.25) is 0 Å². The monoisotopic (exact) mass is 347 g/mol. The predicted molar refractivity (Wildman–Crippen MR) is 86.6 cm³/mol. The zero-order valence-electron chi connectivity index (χ0n) is 12.9. The van der Waals surface area contributed by atoms with Crippen molar-refractivity contribution in [2.75, 3.05) is 5.32 Å². The summed E-state index contributed by atoms with van der Waals surface area (Å²) in [5, 5.41) is 16.7. The number of hydrogen-bond donors (Lipinski definition) is 2. The third-order valence-corrected chi connectivity index (χ3v) is 4.36. The Hall–Kier alpha value is -2.88. The van der Waals surface area contributed by atoms with Gasteiger partial charge in [0.15, 0.2) is 0 Å². The summed E-state index contributed by atoms with van der Waals surface area (Å²) in [7, 11) is 0. The van der Waals surface area contributed by atoms with Crippen LogP contribution < -0.4 is 10.6 Å². The lowest BCUT2D eigenvalue weighted by Crippen LogP contribution is -2.28. The van der Waals surface area contributed by atoms with Crippen LogP contribution in [0.1, 0.15) is 15.6 Å². The number of tetrazole rings is 1. The lowest BCUT2D eigenvalue weighted by molar-refractivity contribution is 0.251. The Balaban J connectivity index is 1.66. The Morgan fingerprint density at radius 1 is 1.38 bits per heavy atom. The number of benzene rings is 1. The molecule has 24 heavy (non-hydrogen) atoms. The van der Waals surface area contributed by atoms with Gasteiger partial charge in [0, 0.05) is 4.88 Å². The molecule has 0 atom stereocenters. The topological polar surface area (TPSA) is 97.6 Å². The zero-order valence-corrected chi connectivity index (χ0v) is 13.8. The van der Waals surface area contributed by atoms with Crippen molar-refractivity contribution in [2.24, 2.45) is 0 Å². The molecule has 0 saturated heterocycles. The van der Waals surface area contributed by atoms with E-state index >= 15 is 0 Å². The molecule has 0 spiro atoms. The molecule has 0 bridgehead atoms. The first-order chi connectivity index (χ1) is 11.5. The van der Waals surface area contributed by atoms with Crippen LogP contribution in [0.15, 0.2) is 24.5 Å². The van der Waals surface area contributed by atoms with Crippen molar-refractivity contribution in [2.45, 2.75) is 20.4 Å². The van der Waals surface area contributed by atoms with Crippen molar-refractivity contribution >= 4 is 23.1 Å². The third-order valence-electron chi connectivity index (χ3n) is 3.28. The quantitative estimate of drug-likeness (QED) is 0.754. The molecule has 0 aliphatic rings. The van der Waals surface area contributed by atoms with E-state index in [2.05, 4.69) is 31.1 Å². The molecular weight excluding hydrogens is 333 g/mol. The van der Waals surface area contributed by atoms with Gasteiger partial charge in [0.1, 0.15) is 17.2 Å². The van der Waals surface area contributed by atoms with Crippen molar-refractivity contribution in [1.82, 2.24) is 30.5 Å². The van der Waals surface area contributed by atoms with Crippen LogP contribution in [0.2, 0.25) is 0 Å². The number of nitrogens with one attached hydrogen (secondary N) is 2. The molecule has 2 N–H and O–H groups in total. The molecular formula is C14H14FN7OS. The number of halogens is 1. The van der Waals surface area contributed by atoms with Gasteiger partial charge in [0.25, 0.3) is 0 Å². The summed E-state index contributed by atoms with van der Waals surface area (Å²) in [6.45, 7) is 4.16. The van der Waals surface area contributed by atoms with Crippen molar-refractivity contribution in [1.29, 1.82) is 0 Å². The summed E-state index contributed by atoms with van der Waals surface area (Å²) in [6.07, 6.45) is 1.38. The number of amides is 2. The van der Waals surface area contributed by atoms with E-state index in [-0.39, 0.29) is 12.2 Å².